The number of halogens is 2. The number of amides is 1. The van der Waals surface area contributed by atoms with E-state index in [1.54, 1.807) is 0 Å². The van der Waals surface area contributed by atoms with Crippen LogP contribution in [0.25, 0.3) is 0 Å². The van der Waals surface area contributed by atoms with Crippen LogP contribution in [-0.4, -0.2) is 24.2 Å². The lowest BCUT2D eigenvalue weighted by Gasteiger charge is -2.30. The van der Waals surface area contributed by atoms with Crippen molar-refractivity contribution in [2.45, 2.75) is 18.8 Å². The molecule has 0 saturated heterocycles. The van der Waals surface area contributed by atoms with Crippen LogP contribution in [0.2, 0.25) is 10.0 Å². The van der Waals surface area contributed by atoms with Gasteiger partial charge in [0.15, 0.2) is 0 Å². The minimum absolute atomic E-state index is 0.0790. The van der Waals surface area contributed by atoms with Crippen LogP contribution >= 0.6 is 23.2 Å². The van der Waals surface area contributed by atoms with Crippen molar-refractivity contribution in [2.75, 3.05) is 13.2 Å². The predicted molar refractivity (Wildman–Crippen MR) is 94.1 cm³/mol. The third kappa shape index (κ3) is 4.47. The van der Waals surface area contributed by atoms with E-state index in [4.69, 9.17) is 28.3 Å². The summed E-state index contributed by atoms with van der Waals surface area (Å²) in [5, 5.41) is 12.9. The second kappa shape index (κ2) is 7.82. The molecule has 0 aliphatic carbocycles. The first-order valence-corrected chi connectivity index (χ1v) is 8.11. The number of hydrogen-bond donors (Lipinski definition) is 2. The highest BCUT2D eigenvalue weighted by molar-refractivity contribution is 6.30. The maximum absolute atomic E-state index is 12.2. The Morgan fingerprint density at radius 2 is 1.43 bits per heavy atom. The summed E-state index contributed by atoms with van der Waals surface area (Å²) < 4.78 is 0. The van der Waals surface area contributed by atoms with Crippen molar-refractivity contribution in [1.82, 2.24) is 5.32 Å². The molecule has 0 heterocycles. The summed E-state index contributed by atoms with van der Waals surface area (Å²) >= 11 is 12.0. The van der Waals surface area contributed by atoms with Gasteiger partial charge in [0.05, 0.1) is 6.61 Å². The van der Waals surface area contributed by atoms with Gasteiger partial charge in [0, 0.05) is 28.4 Å². The zero-order chi connectivity index (χ0) is 16.9. The molecule has 2 N–H and O–H groups in total. The molecule has 0 bridgehead atoms. The highest BCUT2D eigenvalue weighted by Gasteiger charge is 2.31. The summed E-state index contributed by atoms with van der Waals surface area (Å²) in [5.41, 5.74) is 1.46. The maximum atomic E-state index is 12.2. The Kier molecular flexibility index (Phi) is 6.05. The largest absolute Gasteiger partial charge is 0.395 e. The first kappa shape index (κ1) is 17.8. The van der Waals surface area contributed by atoms with Crippen molar-refractivity contribution < 1.29 is 9.90 Å². The van der Waals surface area contributed by atoms with E-state index in [0.717, 1.165) is 11.1 Å². The summed E-state index contributed by atoms with van der Waals surface area (Å²) in [5.74, 6) is -0.119. The van der Waals surface area contributed by atoms with Crippen LogP contribution in [-0.2, 0) is 10.2 Å². The van der Waals surface area contributed by atoms with Crippen LogP contribution in [0.15, 0.2) is 48.5 Å². The van der Waals surface area contributed by atoms with Crippen molar-refractivity contribution >= 4 is 29.1 Å². The van der Waals surface area contributed by atoms with Gasteiger partial charge < -0.3 is 10.4 Å². The highest BCUT2D eigenvalue weighted by Crippen LogP contribution is 2.36. The number of rotatable bonds is 6. The molecular formula is C18H19Cl2NO2. The topological polar surface area (TPSA) is 49.3 Å². The van der Waals surface area contributed by atoms with Crippen LogP contribution in [0.4, 0.5) is 0 Å². The molecule has 1 amide bonds. The molecule has 2 aromatic carbocycles. The van der Waals surface area contributed by atoms with Crippen molar-refractivity contribution in [2.24, 2.45) is 0 Å². The molecule has 2 aromatic rings. The van der Waals surface area contributed by atoms with Crippen molar-refractivity contribution in [3.05, 3.63) is 69.7 Å². The van der Waals surface area contributed by atoms with E-state index in [2.05, 4.69) is 5.32 Å². The minimum atomic E-state index is -0.519. The second-order valence-electron chi connectivity index (χ2n) is 5.60. The number of nitrogens with one attached hydrogen (secondary N) is 1. The van der Waals surface area contributed by atoms with Gasteiger partial charge in [0.25, 0.3) is 0 Å². The van der Waals surface area contributed by atoms with Gasteiger partial charge in [-0.3, -0.25) is 4.79 Å². The Hall–Kier alpha value is -1.55. The molecule has 0 unspecified atom stereocenters. The Morgan fingerprint density at radius 1 is 1.00 bits per heavy atom. The molecule has 2 rings (SSSR count). The Labute approximate surface area is 146 Å². The van der Waals surface area contributed by atoms with E-state index in [1.165, 1.54) is 0 Å². The van der Waals surface area contributed by atoms with Crippen LogP contribution in [0.1, 0.15) is 24.5 Å². The summed E-state index contributed by atoms with van der Waals surface area (Å²) in [6.45, 7) is 2.18. The van der Waals surface area contributed by atoms with Crippen molar-refractivity contribution in [3.63, 3.8) is 0 Å². The molecule has 0 atom stereocenters. The molecule has 0 aliphatic rings. The van der Waals surface area contributed by atoms with Gasteiger partial charge in [0.2, 0.25) is 5.91 Å². The number of aliphatic hydroxyl groups excluding tert-OH is 1. The van der Waals surface area contributed by atoms with Crippen LogP contribution in [0.5, 0.6) is 0 Å². The van der Waals surface area contributed by atoms with Gasteiger partial charge in [-0.1, -0.05) is 54.4 Å². The zero-order valence-corrected chi connectivity index (χ0v) is 14.4. The molecule has 5 heteroatoms. The average Bonchev–Trinajstić information content (AvgIpc) is 2.54. The fourth-order valence-corrected chi connectivity index (χ4v) is 2.84. The first-order chi connectivity index (χ1) is 11.0. The summed E-state index contributed by atoms with van der Waals surface area (Å²) in [6, 6.07) is 15.0. The van der Waals surface area contributed by atoms with Gasteiger partial charge in [0.1, 0.15) is 0 Å². The summed E-state index contributed by atoms with van der Waals surface area (Å²) in [7, 11) is 0. The quantitative estimate of drug-likeness (QED) is 0.831. The Bertz CT molecular complexity index is 608. The van der Waals surface area contributed by atoms with Gasteiger partial charge in [-0.05, 0) is 35.4 Å². The van der Waals surface area contributed by atoms with Crippen LogP contribution < -0.4 is 5.32 Å². The molecule has 0 radical (unpaired) electrons. The third-order valence-electron chi connectivity index (χ3n) is 3.91. The van der Waals surface area contributed by atoms with Gasteiger partial charge in [-0.25, -0.2) is 0 Å². The van der Waals surface area contributed by atoms with E-state index >= 15 is 0 Å². The fourth-order valence-electron chi connectivity index (χ4n) is 2.59. The molecule has 0 spiro atoms. The van der Waals surface area contributed by atoms with Gasteiger partial charge >= 0.3 is 0 Å². The van der Waals surface area contributed by atoms with Gasteiger partial charge in [-0.15, -0.1) is 0 Å². The summed E-state index contributed by atoms with van der Waals surface area (Å²) in [6.07, 6.45) is 0.260. The van der Waals surface area contributed by atoms with E-state index in [-0.39, 0.29) is 25.5 Å². The molecule has 0 fully saturated rings. The molecule has 0 aromatic heterocycles. The molecule has 3 nitrogen and oxygen atoms in total. The van der Waals surface area contributed by atoms with E-state index in [1.807, 2.05) is 55.5 Å². The lowest BCUT2D eigenvalue weighted by molar-refractivity contribution is -0.122. The number of carbonyl (C=O) groups is 1. The fraction of sp³-hybridized carbons (Fsp3) is 0.278. The van der Waals surface area contributed by atoms with E-state index < -0.39 is 5.41 Å². The lowest BCUT2D eigenvalue weighted by Crippen LogP contribution is -2.35. The number of hydrogen-bond acceptors (Lipinski definition) is 2. The predicted octanol–water partition coefficient (Wildman–Crippen LogP) is 3.80. The highest BCUT2D eigenvalue weighted by atomic mass is 35.5. The van der Waals surface area contributed by atoms with Gasteiger partial charge in [-0.2, -0.15) is 0 Å². The Morgan fingerprint density at radius 3 is 1.83 bits per heavy atom. The first-order valence-electron chi connectivity index (χ1n) is 7.35. The summed E-state index contributed by atoms with van der Waals surface area (Å²) in [4.78, 5) is 12.2. The standard InChI is InChI=1S/C18H19Cl2NO2/c1-18(12-17(23)21-10-11-22,13-2-6-15(19)7-3-13)14-4-8-16(20)9-5-14/h2-9,22H,10-12H2,1H3,(H,21,23). The number of benzene rings is 2. The number of aliphatic hydroxyl groups is 1. The van der Waals surface area contributed by atoms with Crippen molar-refractivity contribution in [1.29, 1.82) is 0 Å². The average molecular weight is 352 g/mol. The molecular weight excluding hydrogens is 333 g/mol. The smallest absolute Gasteiger partial charge is 0.221 e. The third-order valence-corrected chi connectivity index (χ3v) is 4.41. The molecule has 23 heavy (non-hydrogen) atoms. The maximum Gasteiger partial charge on any atom is 0.221 e. The van der Waals surface area contributed by atoms with Crippen LogP contribution in [0.3, 0.4) is 0 Å². The number of carbonyl (C=O) groups excluding carboxylic acids is 1. The van der Waals surface area contributed by atoms with Crippen LogP contribution in [0, 0.1) is 0 Å². The monoisotopic (exact) mass is 351 g/mol. The van der Waals surface area contributed by atoms with E-state index in [0.29, 0.717) is 10.0 Å². The molecule has 0 aliphatic heterocycles. The lowest BCUT2D eigenvalue weighted by atomic mass is 9.73. The molecule has 122 valence electrons. The second-order valence-corrected chi connectivity index (χ2v) is 6.47. The zero-order valence-electron chi connectivity index (χ0n) is 12.9. The van der Waals surface area contributed by atoms with E-state index in [9.17, 15) is 4.79 Å². The van der Waals surface area contributed by atoms with Crippen molar-refractivity contribution in [3.8, 4) is 0 Å². The normalized spacial score (nSPS) is 11.3. The SMILES string of the molecule is CC(CC(=O)NCCO)(c1ccc(Cl)cc1)c1ccc(Cl)cc1. The molecule has 0 saturated carbocycles. The Balaban J connectivity index is 2.39. The minimum Gasteiger partial charge on any atom is -0.395 e.